The van der Waals surface area contributed by atoms with Gasteiger partial charge in [-0.2, -0.15) is 0 Å². The summed E-state index contributed by atoms with van der Waals surface area (Å²) < 4.78 is 5.50. The predicted molar refractivity (Wildman–Crippen MR) is 75.7 cm³/mol. The van der Waals surface area contributed by atoms with Crippen molar-refractivity contribution in [2.24, 2.45) is 5.73 Å². The lowest BCUT2D eigenvalue weighted by Crippen LogP contribution is -2.36. The molecule has 108 valence electrons. The van der Waals surface area contributed by atoms with Gasteiger partial charge in [-0.3, -0.25) is 20.5 Å². The van der Waals surface area contributed by atoms with Gasteiger partial charge in [-0.05, 0) is 37.8 Å². The highest BCUT2D eigenvalue weighted by molar-refractivity contribution is 6.05. The zero-order valence-electron chi connectivity index (χ0n) is 11.8. The predicted octanol–water partition coefficient (Wildman–Crippen LogP) is 1.43. The maximum Gasteiger partial charge on any atom is 0.259 e. The number of nitrogens with two attached hydrogens (primary N) is 1. The fraction of sp³-hybridized carbons (Fsp3) is 0.500. The second kappa shape index (κ2) is 6.00. The van der Waals surface area contributed by atoms with E-state index in [1.54, 1.807) is 14.0 Å². The summed E-state index contributed by atoms with van der Waals surface area (Å²) in [4.78, 5) is 16.6. The van der Waals surface area contributed by atoms with Crippen LogP contribution in [0.25, 0.3) is 0 Å². The first kappa shape index (κ1) is 14.5. The number of carbonyl (C=O) groups is 1. The first-order valence-corrected chi connectivity index (χ1v) is 6.71. The maximum atomic E-state index is 12.0. The molecule has 1 aliphatic rings. The average Bonchev–Trinajstić information content (AvgIpc) is 2.58. The van der Waals surface area contributed by atoms with Crippen LogP contribution in [-0.4, -0.2) is 24.0 Å². The van der Waals surface area contributed by atoms with E-state index in [0.29, 0.717) is 11.3 Å². The third kappa shape index (κ3) is 2.96. The summed E-state index contributed by atoms with van der Waals surface area (Å²) in [6.07, 6.45) is 3.99. The van der Waals surface area contributed by atoms with E-state index in [-0.39, 0.29) is 18.0 Å². The second-order valence-corrected chi connectivity index (χ2v) is 5.00. The van der Waals surface area contributed by atoms with E-state index < -0.39 is 0 Å². The number of pyridine rings is 1. The van der Waals surface area contributed by atoms with E-state index in [1.807, 2.05) is 6.07 Å². The van der Waals surface area contributed by atoms with Gasteiger partial charge in [0.05, 0.1) is 23.1 Å². The van der Waals surface area contributed by atoms with E-state index >= 15 is 0 Å². The van der Waals surface area contributed by atoms with Gasteiger partial charge in [0.25, 0.3) is 5.91 Å². The van der Waals surface area contributed by atoms with Crippen LogP contribution >= 0.6 is 0 Å². The van der Waals surface area contributed by atoms with Gasteiger partial charge in [0.2, 0.25) is 0 Å². The largest absolute Gasteiger partial charge is 0.375 e. The Bertz CT molecular complexity index is 542. The van der Waals surface area contributed by atoms with Crippen LogP contribution in [0.2, 0.25) is 0 Å². The Kier molecular flexibility index (Phi) is 4.34. The molecule has 0 saturated heterocycles. The van der Waals surface area contributed by atoms with Crippen LogP contribution in [0.4, 0.5) is 0 Å². The topological polar surface area (TPSA) is 101 Å². The molecule has 0 aliphatic heterocycles. The summed E-state index contributed by atoms with van der Waals surface area (Å²) in [7, 11) is 1.69. The number of nitrogens with zero attached hydrogens (tertiary/aromatic N) is 1. The zero-order valence-corrected chi connectivity index (χ0v) is 11.8. The van der Waals surface area contributed by atoms with Gasteiger partial charge in [0.15, 0.2) is 5.96 Å². The third-order valence-electron chi connectivity index (χ3n) is 3.57. The van der Waals surface area contributed by atoms with Crippen LogP contribution < -0.4 is 11.1 Å². The second-order valence-electron chi connectivity index (χ2n) is 5.00. The van der Waals surface area contributed by atoms with Gasteiger partial charge in [-0.25, -0.2) is 0 Å². The number of hydrogen-bond donors (Lipinski definition) is 3. The molecule has 0 bridgehead atoms. The molecule has 20 heavy (non-hydrogen) atoms. The van der Waals surface area contributed by atoms with Crippen molar-refractivity contribution in [1.29, 1.82) is 5.41 Å². The summed E-state index contributed by atoms with van der Waals surface area (Å²) in [5.41, 5.74) is 8.28. The average molecular weight is 276 g/mol. The number of fused-ring (bicyclic) bond motifs is 1. The summed E-state index contributed by atoms with van der Waals surface area (Å²) in [6, 6.07) is 1.85. The SMILES string of the molecule is COC1CCCCc2cc(C(=O)NC(=N)N)c(C)nc21. The molecule has 0 saturated carbocycles. The highest BCUT2D eigenvalue weighted by Gasteiger charge is 2.23. The quantitative estimate of drug-likeness (QED) is 0.432. The molecule has 1 aromatic rings. The fourth-order valence-corrected chi connectivity index (χ4v) is 2.58. The van der Waals surface area contributed by atoms with Gasteiger partial charge in [0.1, 0.15) is 0 Å². The molecule has 1 atom stereocenters. The lowest BCUT2D eigenvalue weighted by molar-refractivity contribution is 0.0912. The monoisotopic (exact) mass is 276 g/mol. The van der Waals surface area contributed by atoms with Crippen LogP contribution in [0.3, 0.4) is 0 Å². The smallest absolute Gasteiger partial charge is 0.259 e. The summed E-state index contributed by atoms with van der Waals surface area (Å²) in [5, 5.41) is 9.43. The molecule has 1 aliphatic carbocycles. The van der Waals surface area contributed by atoms with Crippen molar-refractivity contribution < 1.29 is 9.53 Å². The number of guanidine groups is 1. The van der Waals surface area contributed by atoms with Crippen molar-refractivity contribution >= 4 is 11.9 Å². The molecule has 1 unspecified atom stereocenters. The molecule has 0 aromatic carbocycles. The third-order valence-corrected chi connectivity index (χ3v) is 3.57. The van der Waals surface area contributed by atoms with Crippen LogP contribution in [0.1, 0.15) is 52.7 Å². The number of rotatable bonds is 2. The minimum Gasteiger partial charge on any atom is -0.375 e. The first-order chi connectivity index (χ1) is 9.52. The Morgan fingerprint density at radius 3 is 2.95 bits per heavy atom. The number of amides is 1. The highest BCUT2D eigenvalue weighted by atomic mass is 16.5. The van der Waals surface area contributed by atoms with E-state index in [9.17, 15) is 4.79 Å². The molecule has 1 aromatic heterocycles. The number of aryl methyl sites for hydroxylation is 2. The van der Waals surface area contributed by atoms with E-state index in [1.165, 1.54) is 0 Å². The van der Waals surface area contributed by atoms with Crippen molar-refractivity contribution in [1.82, 2.24) is 10.3 Å². The van der Waals surface area contributed by atoms with Crippen molar-refractivity contribution in [2.75, 3.05) is 7.11 Å². The molecule has 0 fully saturated rings. The van der Waals surface area contributed by atoms with Gasteiger partial charge in [0, 0.05) is 7.11 Å². The number of ether oxygens (including phenoxy) is 1. The Balaban J connectivity index is 2.41. The Hall–Kier alpha value is -1.95. The van der Waals surface area contributed by atoms with Crippen LogP contribution in [0.15, 0.2) is 6.07 Å². The van der Waals surface area contributed by atoms with Crippen LogP contribution in [0.5, 0.6) is 0 Å². The summed E-state index contributed by atoms with van der Waals surface area (Å²) in [5.74, 6) is -0.748. The molecule has 2 rings (SSSR count). The van der Waals surface area contributed by atoms with E-state index in [4.69, 9.17) is 15.9 Å². The maximum absolute atomic E-state index is 12.0. The lowest BCUT2D eigenvalue weighted by atomic mass is 10.0. The van der Waals surface area contributed by atoms with Crippen molar-refractivity contribution in [3.8, 4) is 0 Å². The number of aromatic nitrogens is 1. The van der Waals surface area contributed by atoms with Crippen LogP contribution in [-0.2, 0) is 11.2 Å². The number of carbonyl (C=O) groups excluding carboxylic acids is 1. The molecular formula is C14H20N4O2. The van der Waals surface area contributed by atoms with Crippen molar-refractivity contribution in [3.05, 3.63) is 28.6 Å². The molecule has 1 heterocycles. The molecule has 0 spiro atoms. The van der Waals surface area contributed by atoms with Crippen molar-refractivity contribution in [2.45, 2.75) is 38.7 Å². The molecule has 1 amide bonds. The van der Waals surface area contributed by atoms with Gasteiger partial charge in [-0.1, -0.05) is 6.42 Å². The molecule has 0 radical (unpaired) electrons. The van der Waals surface area contributed by atoms with Gasteiger partial charge < -0.3 is 10.5 Å². The lowest BCUT2D eigenvalue weighted by Gasteiger charge is -2.17. The van der Waals surface area contributed by atoms with E-state index in [2.05, 4.69) is 10.3 Å². The Labute approximate surface area is 118 Å². The standard InChI is InChI=1S/C14H20N4O2/c1-8-10(13(19)18-14(15)16)7-9-5-3-4-6-11(20-2)12(9)17-8/h7,11H,3-6H2,1-2H3,(H4,15,16,18,19). The van der Waals surface area contributed by atoms with Gasteiger partial charge in [-0.15, -0.1) is 0 Å². The molecule has 6 heteroatoms. The normalized spacial score (nSPS) is 18.0. The summed E-state index contributed by atoms with van der Waals surface area (Å²) >= 11 is 0. The zero-order chi connectivity index (χ0) is 14.7. The van der Waals surface area contributed by atoms with Crippen molar-refractivity contribution in [3.63, 3.8) is 0 Å². The molecule has 6 nitrogen and oxygen atoms in total. The Morgan fingerprint density at radius 1 is 1.55 bits per heavy atom. The Morgan fingerprint density at radius 2 is 2.30 bits per heavy atom. The van der Waals surface area contributed by atoms with Crippen LogP contribution in [0, 0.1) is 12.3 Å². The fourth-order valence-electron chi connectivity index (χ4n) is 2.58. The number of hydrogen-bond acceptors (Lipinski definition) is 4. The minimum absolute atomic E-state index is 0.00359. The number of nitrogens with one attached hydrogen (secondary N) is 2. The highest BCUT2D eigenvalue weighted by Crippen LogP contribution is 2.30. The van der Waals surface area contributed by atoms with Gasteiger partial charge >= 0.3 is 0 Å². The molecule has 4 N–H and O–H groups in total. The first-order valence-electron chi connectivity index (χ1n) is 6.71. The summed E-state index contributed by atoms with van der Waals surface area (Å²) in [6.45, 7) is 1.78. The minimum atomic E-state index is -0.386. The molecular weight excluding hydrogens is 256 g/mol. The van der Waals surface area contributed by atoms with E-state index in [0.717, 1.165) is 36.9 Å². The number of methoxy groups -OCH3 is 1.